The molecule has 3 nitrogen and oxygen atoms in total. The summed E-state index contributed by atoms with van der Waals surface area (Å²) in [7, 11) is 0. The SMILES string of the molecule is CC(O)c1cc(Br)ccc1OCc1ccc(CO)cc1. The second-order valence-corrected chi connectivity index (χ2v) is 5.54. The fourth-order valence-electron chi connectivity index (χ4n) is 1.88. The van der Waals surface area contributed by atoms with Crippen LogP contribution in [-0.2, 0) is 13.2 Å². The van der Waals surface area contributed by atoms with Crippen LogP contribution in [0.2, 0.25) is 0 Å². The molecule has 2 aromatic carbocycles. The van der Waals surface area contributed by atoms with Crippen LogP contribution in [0.1, 0.15) is 29.7 Å². The van der Waals surface area contributed by atoms with E-state index < -0.39 is 6.10 Å². The number of halogens is 1. The van der Waals surface area contributed by atoms with Gasteiger partial charge in [-0.2, -0.15) is 0 Å². The third kappa shape index (κ3) is 3.82. The smallest absolute Gasteiger partial charge is 0.125 e. The Labute approximate surface area is 127 Å². The molecule has 0 aliphatic carbocycles. The van der Waals surface area contributed by atoms with Crippen LogP contribution in [0.4, 0.5) is 0 Å². The van der Waals surface area contributed by atoms with Gasteiger partial charge in [-0.25, -0.2) is 0 Å². The first kappa shape index (κ1) is 15.0. The number of hydrogen-bond acceptors (Lipinski definition) is 3. The van der Waals surface area contributed by atoms with Gasteiger partial charge in [0.1, 0.15) is 12.4 Å². The summed E-state index contributed by atoms with van der Waals surface area (Å²) in [5.41, 5.74) is 2.65. The second-order valence-electron chi connectivity index (χ2n) is 4.62. The van der Waals surface area contributed by atoms with Crippen molar-refractivity contribution in [2.24, 2.45) is 0 Å². The number of rotatable bonds is 5. The van der Waals surface area contributed by atoms with E-state index in [1.165, 1.54) is 0 Å². The number of hydrogen-bond donors (Lipinski definition) is 2. The lowest BCUT2D eigenvalue weighted by molar-refractivity contribution is 0.190. The highest BCUT2D eigenvalue weighted by atomic mass is 79.9. The van der Waals surface area contributed by atoms with Crippen LogP contribution >= 0.6 is 15.9 Å². The van der Waals surface area contributed by atoms with E-state index in [1.807, 2.05) is 42.5 Å². The Bertz CT molecular complexity index is 564. The van der Waals surface area contributed by atoms with E-state index in [1.54, 1.807) is 6.92 Å². The van der Waals surface area contributed by atoms with Crippen molar-refractivity contribution in [2.75, 3.05) is 0 Å². The molecule has 20 heavy (non-hydrogen) atoms. The number of benzene rings is 2. The van der Waals surface area contributed by atoms with Gasteiger partial charge in [-0.1, -0.05) is 40.2 Å². The molecule has 0 aliphatic heterocycles. The fraction of sp³-hybridized carbons (Fsp3) is 0.250. The summed E-state index contributed by atoms with van der Waals surface area (Å²) in [6.45, 7) is 2.18. The maximum absolute atomic E-state index is 9.77. The predicted octanol–water partition coefficient (Wildman–Crippen LogP) is 3.57. The van der Waals surface area contributed by atoms with Gasteiger partial charge in [-0.3, -0.25) is 0 Å². The Kier molecular flexibility index (Phi) is 5.17. The summed E-state index contributed by atoms with van der Waals surface area (Å²) in [5, 5.41) is 18.8. The highest BCUT2D eigenvalue weighted by Crippen LogP contribution is 2.29. The highest BCUT2D eigenvalue weighted by Gasteiger charge is 2.10. The molecule has 0 saturated carbocycles. The van der Waals surface area contributed by atoms with Crippen LogP contribution in [0.5, 0.6) is 5.75 Å². The molecular weight excluding hydrogens is 320 g/mol. The van der Waals surface area contributed by atoms with Crippen LogP contribution < -0.4 is 4.74 Å². The Morgan fingerprint density at radius 3 is 2.35 bits per heavy atom. The Morgan fingerprint density at radius 1 is 1.10 bits per heavy atom. The van der Waals surface area contributed by atoms with E-state index in [4.69, 9.17) is 9.84 Å². The van der Waals surface area contributed by atoms with Crippen LogP contribution in [0.15, 0.2) is 46.9 Å². The standard InChI is InChI=1S/C16H17BrO3/c1-11(19)15-8-14(17)6-7-16(15)20-10-13-4-2-12(9-18)3-5-13/h2-8,11,18-19H,9-10H2,1H3. The van der Waals surface area contributed by atoms with E-state index in [-0.39, 0.29) is 6.61 Å². The molecule has 0 amide bonds. The molecular formula is C16H17BrO3. The Balaban J connectivity index is 2.10. The predicted molar refractivity (Wildman–Crippen MR) is 81.5 cm³/mol. The third-order valence-corrected chi connectivity index (χ3v) is 3.52. The van der Waals surface area contributed by atoms with Gasteiger partial charge in [-0.05, 0) is 36.2 Å². The Morgan fingerprint density at radius 2 is 1.75 bits per heavy atom. The minimum atomic E-state index is -0.584. The average molecular weight is 337 g/mol. The van der Waals surface area contributed by atoms with E-state index in [9.17, 15) is 5.11 Å². The largest absolute Gasteiger partial charge is 0.489 e. The summed E-state index contributed by atoms with van der Waals surface area (Å²) >= 11 is 3.39. The molecule has 106 valence electrons. The van der Waals surface area contributed by atoms with Crippen molar-refractivity contribution in [3.8, 4) is 5.75 Å². The number of aliphatic hydroxyl groups excluding tert-OH is 2. The van der Waals surface area contributed by atoms with Gasteiger partial charge in [-0.15, -0.1) is 0 Å². The van der Waals surface area contributed by atoms with Crippen molar-refractivity contribution in [2.45, 2.75) is 26.2 Å². The molecule has 1 unspecified atom stereocenters. The highest BCUT2D eigenvalue weighted by molar-refractivity contribution is 9.10. The molecule has 0 heterocycles. The van der Waals surface area contributed by atoms with E-state index in [2.05, 4.69) is 15.9 Å². The van der Waals surface area contributed by atoms with Crippen LogP contribution in [0.3, 0.4) is 0 Å². The second kappa shape index (κ2) is 6.88. The van der Waals surface area contributed by atoms with Gasteiger partial charge >= 0.3 is 0 Å². The molecule has 4 heteroatoms. The molecule has 1 atom stereocenters. The molecule has 2 N–H and O–H groups in total. The van der Waals surface area contributed by atoms with E-state index in [0.717, 1.165) is 21.2 Å². The zero-order chi connectivity index (χ0) is 14.5. The number of aliphatic hydroxyl groups is 2. The molecule has 0 aromatic heterocycles. The lowest BCUT2D eigenvalue weighted by Gasteiger charge is -2.14. The zero-order valence-corrected chi connectivity index (χ0v) is 12.8. The molecule has 0 fully saturated rings. The summed E-state index contributed by atoms with van der Waals surface area (Å²) in [6.07, 6.45) is -0.584. The summed E-state index contributed by atoms with van der Waals surface area (Å²) < 4.78 is 6.68. The minimum absolute atomic E-state index is 0.0417. The van der Waals surface area contributed by atoms with Crippen LogP contribution in [0.25, 0.3) is 0 Å². The summed E-state index contributed by atoms with van der Waals surface area (Å²) in [5.74, 6) is 0.675. The van der Waals surface area contributed by atoms with Crippen molar-refractivity contribution in [3.63, 3.8) is 0 Å². The minimum Gasteiger partial charge on any atom is -0.489 e. The van der Waals surface area contributed by atoms with Gasteiger partial charge in [0, 0.05) is 10.0 Å². The van der Waals surface area contributed by atoms with Crippen molar-refractivity contribution < 1.29 is 14.9 Å². The van der Waals surface area contributed by atoms with Crippen molar-refractivity contribution in [1.29, 1.82) is 0 Å². The lowest BCUT2D eigenvalue weighted by Crippen LogP contribution is -2.01. The third-order valence-electron chi connectivity index (χ3n) is 3.02. The molecule has 0 radical (unpaired) electrons. The molecule has 0 bridgehead atoms. The van der Waals surface area contributed by atoms with Crippen molar-refractivity contribution in [3.05, 3.63) is 63.6 Å². The maximum atomic E-state index is 9.77. The molecule has 0 spiro atoms. The van der Waals surface area contributed by atoms with Gasteiger partial charge in [0.15, 0.2) is 0 Å². The first-order chi connectivity index (χ1) is 9.60. The topological polar surface area (TPSA) is 49.7 Å². The van der Waals surface area contributed by atoms with Gasteiger partial charge in [0.05, 0.1) is 12.7 Å². The first-order valence-electron chi connectivity index (χ1n) is 6.39. The van der Waals surface area contributed by atoms with E-state index in [0.29, 0.717) is 12.4 Å². The van der Waals surface area contributed by atoms with Crippen molar-refractivity contribution >= 4 is 15.9 Å². The fourth-order valence-corrected chi connectivity index (χ4v) is 2.26. The first-order valence-corrected chi connectivity index (χ1v) is 7.18. The average Bonchev–Trinajstić information content (AvgIpc) is 2.46. The lowest BCUT2D eigenvalue weighted by atomic mass is 10.1. The van der Waals surface area contributed by atoms with Gasteiger partial charge < -0.3 is 14.9 Å². The zero-order valence-electron chi connectivity index (χ0n) is 11.2. The molecule has 2 aromatic rings. The quantitative estimate of drug-likeness (QED) is 0.877. The molecule has 0 saturated heterocycles. The number of ether oxygens (including phenoxy) is 1. The van der Waals surface area contributed by atoms with Crippen molar-refractivity contribution in [1.82, 2.24) is 0 Å². The maximum Gasteiger partial charge on any atom is 0.125 e. The normalized spacial score (nSPS) is 12.2. The Hall–Kier alpha value is -1.36. The monoisotopic (exact) mass is 336 g/mol. The molecule has 0 aliphatic rings. The molecule has 2 rings (SSSR count). The van der Waals surface area contributed by atoms with Crippen LogP contribution in [-0.4, -0.2) is 10.2 Å². The van der Waals surface area contributed by atoms with Crippen LogP contribution in [0, 0.1) is 0 Å². The van der Waals surface area contributed by atoms with Gasteiger partial charge in [0.25, 0.3) is 0 Å². The van der Waals surface area contributed by atoms with E-state index >= 15 is 0 Å². The summed E-state index contributed by atoms with van der Waals surface area (Å²) in [6, 6.07) is 13.2. The summed E-state index contributed by atoms with van der Waals surface area (Å²) in [4.78, 5) is 0. The van der Waals surface area contributed by atoms with Gasteiger partial charge in [0.2, 0.25) is 0 Å².